The maximum Gasteiger partial charge on any atom is 0.266 e. The molecule has 0 saturated carbocycles. The van der Waals surface area contributed by atoms with E-state index in [1.807, 2.05) is 24.4 Å². The summed E-state index contributed by atoms with van der Waals surface area (Å²) in [4.78, 5) is 27.8. The Balaban J connectivity index is 1.42. The molecule has 1 aliphatic heterocycles. The van der Waals surface area contributed by atoms with E-state index >= 15 is 0 Å². The zero-order valence-corrected chi connectivity index (χ0v) is 16.2. The summed E-state index contributed by atoms with van der Waals surface area (Å²) in [5.74, 6) is 1.45. The van der Waals surface area contributed by atoms with E-state index in [9.17, 15) is 4.79 Å². The van der Waals surface area contributed by atoms with Crippen molar-refractivity contribution >= 4 is 5.82 Å². The van der Waals surface area contributed by atoms with Crippen LogP contribution >= 0.6 is 0 Å². The molecule has 150 valence electrons. The van der Waals surface area contributed by atoms with Crippen LogP contribution in [0.1, 0.15) is 12.8 Å². The third-order valence-corrected chi connectivity index (χ3v) is 5.25. The topological polar surface area (TPSA) is 94.6 Å². The van der Waals surface area contributed by atoms with E-state index in [0.29, 0.717) is 12.4 Å². The van der Waals surface area contributed by atoms with Crippen LogP contribution in [0.5, 0.6) is 0 Å². The van der Waals surface area contributed by atoms with Gasteiger partial charge in [0.2, 0.25) is 0 Å². The molecule has 0 spiro atoms. The van der Waals surface area contributed by atoms with E-state index in [4.69, 9.17) is 4.98 Å². The van der Waals surface area contributed by atoms with Crippen LogP contribution < -0.4 is 10.5 Å². The molecule has 9 heteroatoms. The highest BCUT2D eigenvalue weighted by molar-refractivity contribution is 5.57. The second kappa shape index (κ2) is 7.86. The summed E-state index contributed by atoms with van der Waals surface area (Å²) < 4.78 is 3.23. The van der Waals surface area contributed by atoms with Gasteiger partial charge in [-0.25, -0.2) is 14.3 Å². The molecule has 30 heavy (non-hydrogen) atoms. The molecule has 1 unspecified atom stereocenters. The van der Waals surface area contributed by atoms with Gasteiger partial charge >= 0.3 is 0 Å². The van der Waals surface area contributed by atoms with Crippen LogP contribution in [0.4, 0.5) is 5.82 Å². The summed E-state index contributed by atoms with van der Waals surface area (Å²) in [5.41, 5.74) is 1.57. The average molecular weight is 400 g/mol. The number of aromatic nitrogens is 7. The molecule has 1 atom stereocenters. The molecule has 0 N–H and O–H groups in total. The first-order valence-electron chi connectivity index (χ1n) is 9.85. The van der Waals surface area contributed by atoms with Crippen LogP contribution in [0.2, 0.25) is 0 Å². The van der Waals surface area contributed by atoms with E-state index in [-0.39, 0.29) is 11.6 Å². The summed E-state index contributed by atoms with van der Waals surface area (Å²) in [6, 6.07) is 9.05. The number of hydrogen-bond acceptors (Lipinski definition) is 7. The molecular weight excluding hydrogens is 380 g/mol. The monoisotopic (exact) mass is 400 g/mol. The van der Waals surface area contributed by atoms with Gasteiger partial charge in [-0.3, -0.25) is 14.8 Å². The Morgan fingerprint density at radius 3 is 2.70 bits per heavy atom. The van der Waals surface area contributed by atoms with Crippen LogP contribution in [0, 0.1) is 0 Å². The normalized spacial score (nSPS) is 16.1. The van der Waals surface area contributed by atoms with Crippen molar-refractivity contribution in [3.05, 3.63) is 77.9 Å². The Kier molecular flexibility index (Phi) is 4.76. The predicted molar refractivity (Wildman–Crippen MR) is 111 cm³/mol. The number of hydrogen-bond donors (Lipinski definition) is 0. The summed E-state index contributed by atoms with van der Waals surface area (Å²) in [5, 5.41) is 8.82. The van der Waals surface area contributed by atoms with Gasteiger partial charge in [0.1, 0.15) is 5.82 Å². The van der Waals surface area contributed by atoms with Crippen LogP contribution in [-0.4, -0.2) is 47.1 Å². The molecule has 4 aromatic heterocycles. The minimum absolute atomic E-state index is 0.115. The van der Waals surface area contributed by atoms with Crippen molar-refractivity contribution in [3.63, 3.8) is 0 Å². The lowest BCUT2D eigenvalue weighted by Gasteiger charge is -2.26. The zero-order valence-electron chi connectivity index (χ0n) is 16.2. The van der Waals surface area contributed by atoms with Crippen molar-refractivity contribution in [2.75, 3.05) is 11.4 Å². The van der Waals surface area contributed by atoms with Gasteiger partial charge in [-0.2, -0.15) is 10.2 Å². The van der Waals surface area contributed by atoms with E-state index < -0.39 is 0 Å². The lowest BCUT2D eigenvalue weighted by atomic mass is 10.2. The quantitative estimate of drug-likeness (QED) is 0.505. The second-order valence-electron chi connectivity index (χ2n) is 7.15. The Morgan fingerprint density at radius 1 is 1.00 bits per heavy atom. The van der Waals surface area contributed by atoms with Gasteiger partial charge < -0.3 is 4.90 Å². The van der Waals surface area contributed by atoms with Crippen molar-refractivity contribution in [3.8, 4) is 17.1 Å². The first-order chi connectivity index (χ1) is 14.8. The van der Waals surface area contributed by atoms with Gasteiger partial charge in [0.15, 0.2) is 5.82 Å². The molecule has 1 saturated heterocycles. The van der Waals surface area contributed by atoms with Crippen LogP contribution in [0.25, 0.3) is 17.1 Å². The van der Waals surface area contributed by atoms with Gasteiger partial charge in [0, 0.05) is 43.0 Å². The highest BCUT2D eigenvalue weighted by atomic mass is 16.1. The standard InChI is InChI=1S/C21H20N8O/c30-21-5-4-18(16-6-9-22-10-7-16)26-29(21)15-17-3-1-11-27(17)19-13-23-14-20(25-19)28-12-2-8-24-28/h2,4-10,12-14,17H,1,3,11,15H2. The fourth-order valence-electron chi connectivity index (χ4n) is 3.78. The number of pyridine rings is 1. The summed E-state index contributed by atoms with van der Waals surface area (Å²) >= 11 is 0. The van der Waals surface area contributed by atoms with Gasteiger partial charge in [0.05, 0.1) is 30.7 Å². The smallest absolute Gasteiger partial charge is 0.266 e. The highest BCUT2D eigenvalue weighted by Gasteiger charge is 2.27. The van der Waals surface area contributed by atoms with E-state index in [1.54, 1.807) is 52.5 Å². The van der Waals surface area contributed by atoms with Crippen LogP contribution in [0.15, 0.2) is 72.3 Å². The summed E-state index contributed by atoms with van der Waals surface area (Å²) in [6.07, 6.45) is 12.4. The van der Waals surface area contributed by atoms with Crippen molar-refractivity contribution in [2.45, 2.75) is 25.4 Å². The van der Waals surface area contributed by atoms with Crippen molar-refractivity contribution < 1.29 is 0 Å². The molecule has 5 rings (SSSR count). The van der Waals surface area contributed by atoms with E-state index in [1.165, 1.54) is 0 Å². The van der Waals surface area contributed by atoms with Gasteiger partial charge in [-0.05, 0) is 37.1 Å². The van der Waals surface area contributed by atoms with Crippen molar-refractivity contribution in [1.29, 1.82) is 0 Å². The summed E-state index contributed by atoms with van der Waals surface area (Å²) in [6.45, 7) is 1.35. The van der Waals surface area contributed by atoms with Crippen LogP contribution in [0.3, 0.4) is 0 Å². The third-order valence-electron chi connectivity index (χ3n) is 5.25. The van der Waals surface area contributed by atoms with Crippen molar-refractivity contribution in [1.82, 2.24) is 34.5 Å². The molecular formula is C21H20N8O. The number of anilines is 1. The van der Waals surface area contributed by atoms with Gasteiger partial charge in [0.25, 0.3) is 5.56 Å². The fraction of sp³-hybridized carbons (Fsp3) is 0.238. The second-order valence-corrected chi connectivity index (χ2v) is 7.15. The fourth-order valence-corrected chi connectivity index (χ4v) is 3.78. The van der Waals surface area contributed by atoms with E-state index in [2.05, 4.69) is 25.1 Å². The molecule has 1 aliphatic rings. The third kappa shape index (κ3) is 3.57. The van der Waals surface area contributed by atoms with Crippen LogP contribution in [-0.2, 0) is 6.54 Å². The first kappa shape index (κ1) is 18.2. The maximum atomic E-state index is 12.5. The first-order valence-corrected chi connectivity index (χ1v) is 9.85. The van der Waals surface area contributed by atoms with Gasteiger partial charge in [-0.15, -0.1) is 0 Å². The molecule has 4 aromatic rings. The molecule has 0 amide bonds. The highest BCUT2D eigenvalue weighted by Crippen LogP contribution is 2.25. The SMILES string of the molecule is O=c1ccc(-c2ccncc2)nn1CC1CCCN1c1cncc(-n2cccn2)n1. The Morgan fingerprint density at radius 2 is 1.87 bits per heavy atom. The molecule has 0 aliphatic carbocycles. The van der Waals surface area contributed by atoms with Crippen molar-refractivity contribution in [2.24, 2.45) is 0 Å². The molecule has 9 nitrogen and oxygen atoms in total. The Hall–Kier alpha value is -3.88. The minimum atomic E-state index is -0.115. The Bertz CT molecular complexity index is 1190. The average Bonchev–Trinajstić information content (AvgIpc) is 3.48. The largest absolute Gasteiger partial charge is 0.350 e. The lowest BCUT2D eigenvalue weighted by molar-refractivity contribution is 0.488. The van der Waals surface area contributed by atoms with Gasteiger partial charge in [-0.1, -0.05) is 0 Å². The molecule has 0 radical (unpaired) electrons. The number of nitrogens with zero attached hydrogens (tertiary/aromatic N) is 8. The predicted octanol–water partition coefficient (Wildman–Crippen LogP) is 1.95. The maximum absolute atomic E-state index is 12.5. The number of rotatable bonds is 5. The molecule has 0 bridgehead atoms. The zero-order chi connectivity index (χ0) is 20.3. The Labute approximate surface area is 172 Å². The minimum Gasteiger partial charge on any atom is -0.350 e. The van der Waals surface area contributed by atoms with E-state index in [0.717, 1.165) is 36.5 Å². The molecule has 0 aromatic carbocycles. The lowest BCUT2D eigenvalue weighted by Crippen LogP contribution is -2.37. The summed E-state index contributed by atoms with van der Waals surface area (Å²) in [7, 11) is 0. The molecule has 5 heterocycles. The molecule has 1 fully saturated rings.